The first-order chi connectivity index (χ1) is 8.16. The Hall–Kier alpha value is -2.10. The molecular formula is C13H15N3O. The van der Waals surface area contributed by atoms with Crippen molar-refractivity contribution in [3.8, 4) is 0 Å². The summed E-state index contributed by atoms with van der Waals surface area (Å²) in [6.45, 7) is 1.96. The van der Waals surface area contributed by atoms with E-state index in [-0.39, 0.29) is 11.9 Å². The van der Waals surface area contributed by atoms with Gasteiger partial charge in [0, 0.05) is 13.2 Å². The third-order valence-corrected chi connectivity index (χ3v) is 2.61. The van der Waals surface area contributed by atoms with Gasteiger partial charge in [-0.3, -0.25) is 9.48 Å². The highest BCUT2D eigenvalue weighted by Gasteiger charge is 2.12. The van der Waals surface area contributed by atoms with E-state index in [1.165, 1.54) is 0 Å². The van der Waals surface area contributed by atoms with Crippen LogP contribution in [0.4, 0.5) is 0 Å². The third kappa shape index (κ3) is 2.72. The number of amides is 1. The van der Waals surface area contributed by atoms with Crippen LogP contribution in [0, 0.1) is 0 Å². The van der Waals surface area contributed by atoms with Crippen molar-refractivity contribution in [2.75, 3.05) is 0 Å². The Kier molecular flexibility index (Phi) is 3.23. The molecule has 0 saturated carbocycles. The average molecular weight is 229 g/mol. The number of carbonyl (C=O) groups excluding carboxylic acids is 1. The molecule has 2 aromatic rings. The van der Waals surface area contributed by atoms with Crippen molar-refractivity contribution in [3.05, 3.63) is 53.9 Å². The van der Waals surface area contributed by atoms with E-state index >= 15 is 0 Å². The van der Waals surface area contributed by atoms with E-state index in [9.17, 15) is 4.79 Å². The van der Waals surface area contributed by atoms with Gasteiger partial charge in [-0.2, -0.15) is 5.10 Å². The third-order valence-electron chi connectivity index (χ3n) is 2.61. The summed E-state index contributed by atoms with van der Waals surface area (Å²) < 4.78 is 1.61. The van der Waals surface area contributed by atoms with E-state index in [0.717, 1.165) is 5.56 Å². The highest BCUT2D eigenvalue weighted by molar-refractivity contribution is 5.93. The molecule has 1 unspecified atom stereocenters. The molecule has 0 bridgehead atoms. The Morgan fingerprint density at radius 3 is 2.65 bits per heavy atom. The first-order valence-corrected chi connectivity index (χ1v) is 5.51. The van der Waals surface area contributed by atoms with Crippen molar-refractivity contribution < 1.29 is 4.79 Å². The second kappa shape index (κ2) is 4.82. The lowest BCUT2D eigenvalue weighted by Crippen LogP contribution is -2.26. The van der Waals surface area contributed by atoms with Gasteiger partial charge < -0.3 is 5.32 Å². The molecule has 4 heteroatoms. The van der Waals surface area contributed by atoms with Crippen molar-refractivity contribution in [1.82, 2.24) is 15.1 Å². The second-order valence-electron chi connectivity index (χ2n) is 4.01. The van der Waals surface area contributed by atoms with Gasteiger partial charge in [-0.25, -0.2) is 0 Å². The fraction of sp³-hybridized carbons (Fsp3) is 0.231. The largest absolute Gasteiger partial charge is 0.345 e. The highest BCUT2D eigenvalue weighted by Crippen LogP contribution is 2.11. The van der Waals surface area contributed by atoms with Gasteiger partial charge in [0.1, 0.15) is 0 Å². The van der Waals surface area contributed by atoms with Crippen LogP contribution in [0.1, 0.15) is 28.9 Å². The van der Waals surface area contributed by atoms with Gasteiger partial charge in [-0.15, -0.1) is 0 Å². The molecule has 2 rings (SSSR count). The summed E-state index contributed by atoms with van der Waals surface area (Å²) in [6.07, 6.45) is 3.26. The van der Waals surface area contributed by atoms with Gasteiger partial charge in [-0.1, -0.05) is 30.3 Å². The minimum atomic E-state index is -0.102. The van der Waals surface area contributed by atoms with Gasteiger partial charge in [0.05, 0.1) is 17.8 Å². The van der Waals surface area contributed by atoms with Crippen LogP contribution >= 0.6 is 0 Å². The Morgan fingerprint density at radius 2 is 2.06 bits per heavy atom. The van der Waals surface area contributed by atoms with E-state index < -0.39 is 0 Å². The summed E-state index contributed by atoms with van der Waals surface area (Å²) in [5.41, 5.74) is 1.67. The van der Waals surface area contributed by atoms with E-state index in [1.54, 1.807) is 24.1 Å². The molecule has 0 aliphatic carbocycles. The molecule has 1 amide bonds. The Morgan fingerprint density at radius 1 is 1.35 bits per heavy atom. The maximum atomic E-state index is 11.9. The van der Waals surface area contributed by atoms with E-state index in [2.05, 4.69) is 10.4 Å². The van der Waals surface area contributed by atoms with Gasteiger partial charge >= 0.3 is 0 Å². The minimum absolute atomic E-state index is 0.0103. The summed E-state index contributed by atoms with van der Waals surface area (Å²) in [5.74, 6) is -0.102. The minimum Gasteiger partial charge on any atom is -0.345 e. The molecule has 1 heterocycles. The Labute approximate surface area is 100 Å². The number of carbonyl (C=O) groups is 1. The van der Waals surface area contributed by atoms with E-state index in [1.807, 2.05) is 37.3 Å². The van der Waals surface area contributed by atoms with Crippen molar-refractivity contribution in [3.63, 3.8) is 0 Å². The maximum Gasteiger partial charge on any atom is 0.254 e. The number of benzene rings is 1. The molecular weight excluding hydrogens is 214 g/mol. The molecule has 0 aliphatic rings. The molecule has 88 valence electrons. The monoisotopic (exact) mass is 229 g/mol. The summed E-state index contributed by atoms with van der Waals surface area (Å²) in [6, 6.07) is 9.86. The summed E-state index contributed by atoms with van der Waals surface area (Å²) in [4.78, 5) is 11.9. The SMILES string of the molecule is CC(NC(=O)c1cnn(C)c1)c1ccccc1. The lowest BCUT2D eigenvalue weighted by molar-refractivity contribution is 0.0940. The lowest BCUT2D eigenvalue weighted by Gasteiger charge is -2.13. The van der Waals surface area contributed by atoms with Crippen LogP contribution in [-0.2, 0) is 7.05 Å². The molecule has 1 N–H and O–H groups in total. The van der Waals surface area contributed by atoms with Crippen molar-refractivity contribution >= 4 is 5.91 Å². The fourth-order valence-corrected chi connectivity index (χ4v) is 1.64. The van der Waals surface area contributed by atoms with Crippen molar-refractivity contribution in [1.29, 1.82) is 0 Å². The fourth-order valence-electron chi connectivity index (χ4n) is 1.64. The number of nitrogens with one attached hydrogen (secondary N) is 1. The van der Waals surface area contributed by atoms with Crippen LogP contribution in [0.25, 0.3) is 0 Å². The molecule has 0 fully saturated rings. The zero-order valence-corrected chi connectivity index (χ0v) is 9.92. The molecule has 0 aliphatic heterocycles. The average Bonchev–Trinajstić information content (AvgIpc) is 2.77. The van der Waals surface area contributed by atoms with Gasteiger partial charge in [0.25, 0.3) is 5.91 Å². The topological polar surface area (TPSA) is 46.9 Å². The maximum absolute atomic E-state index is 11.9. The van der Waals surface area contributed by atoms with E-state index in [4.69, 9.17) is 0 Å². The molecule has 1 aromatic heterocycles. The number of aryl methyl sites for hydroxylation is 1. The summed E-state index contributed by atoms with van der Waals surface area (Å²) in [7, 11) is 1.79. The zero-order chi connectivity index (χ0) is 12.3. The molecule has 1 aromatic carbocycles. The van der Waals surface area contributed by atoms with Crippen LogP contribution in [0.2, 0.25) is 0 Å². The van der Waals surface area contributed by atoms with Crippen LogP contribution in [0.15, 0.2) is 42.7 Å². The smallest absolute Gasteiger partial charge is 0.254 e. The van der Waals surface area contributed by atoms with Crippen LogP contribution < -0.4 is 5.32 Å². The number of hydrogen-bond acceptors (Lipinski definition) is 2. The molecule has 4 nitrogen and oxygen atoms in total. The molecule has 17 heavy (non-hydrogen) atoms. The second-order valence-corrected chi connectivity index (χ2v) is 4.01. The van der Waals surface area contributed by atoms with Crippen LogP contribution in [-0.4, -0.2) is 15.7 Å². The predicted molar refractivity (Wildman–Crippen MR) is 65.5 cm³/mol. The summed E-state index contributed by atoms with van der Waals surface area (Å²) >= 11 is 0. The quantitative estimate of drug-likeness (QED) is 0.874. The van der Waals surface area contributed by atoms with Gasteiger partial charge in [0.2, 0.25) is 0 Å². The predicted octanol–water partition coefficient (Wildman–Crippen LogP) is 1.91. The molecule has 1 atom stereocenters. The highest BCUT2D eigenvalue weighted by atomic mass is 16.1. The summed E-state index contributed by atoms with van der Waals surface area (Å²) in [5, 5.41) is 6.91. The van der Waals surface area contributed by atoms with Gasteiger partial charge in [-0.05, 0) is 12.5 Å². The Bertz CT molecular complexity index is 504. The zero-order valence-electron chi connectivity index (χ0n) is 9.92. The van der Waals surface area contributed by atoms with E-state index in [0.29, 0.717) is 5.56 Å². The number of nitrogens with zero attached hydrogens (tertiary/aromatic N) is 2. The standard InChI is InChI=1S/C13H15N3O/c1-10(11-6-4-3-5-7-11)15-13(17)12-8-14-16(2)9-12/h3-10H,1-2H3,(H,15,17). The normalized spacial score (nSPS) is 12.1. The first kappa shape index (κ1) is 11.4. The number of rotatable bonds is 3. The molecule has 0 spiro atoms. The lowest BCUT2D eigenvalue weighted by atomic mass is 10.1. The molecule has 0 radical (unpaired) electrons. The van der Waals surface area contributed by atoms with Crippen molar-refractivity contribution in [2.45, 2.75) is 13.0 Å². The van der Waals surface area contributed by atoms with Crippen LogP contribution in [0.3, 0.4) is 0 Å². The first-order valence-electron chi connectivity index (χ1n) is 5.51. The number of hydrogen-bond donors (Lipinski definition) is 1. The van der Waals surface area contributed by atoms with Crippen molar-refractivity contribution in [2.24, 2.45) is 7.05 Å². The molecule has 0 saturated heterocycles. The van der Waals surface area contributed by atoms with Gasteiger partial charge in [0.15, 0.2) is 0 Å². The Balaban J connectivity index is 2.04. The van der Waals surface area contributed by atoms with Crippen LogP contribution in [0.5, 0.6) is 0 Å². The number of aromatic nitrogens is 2.